The minimum atomic E-state index is 0.819. The van der Waals surface area contributed by atoms with Gasteiger partial charge in [-0.1, -0.05) is 13.0 Å². The van der Waals surface area contributed by atoms with Crippen molar-refractivity contribution in [3.63, 3.8) is 0 Å². The standard InChI is InChI=1S/C14H26N2O/c1-3-15-10-13-4-5-14(13)16-8-6-12(7-9-16)11-17-2/h6,13-15H,3-5,7-11H2,1-2H3. The number of ether oxygens (including phenoxy) is 1. The SMILES string of the molecule is CCNCC1CCC1N1CC=C(COC)CC1. The van der Waals surface area contributed by atoms with Crippen LogP contribution in [-0.4, -0.2) is 50.8 Å². The van der Waals surface area contributed by atoms with Crippen LogP contribution in [0.1, 0.15) is 26.2 Å². The van der Waals surface area contributed by atoms with Gasteiger partial charge in [-0.3, -0.25) is 4.90 Å². The number of hydrogen-bond acceptors (Lipinski definition) is 3. The zero-order valence-electron chi connectivity index (χ0n) is 11.2. The van der Waals surface area contributed by atoms with Crippen molar-refractivity contribution in [3.8, 4) is 0 Å². The lowest BCUT2D eigenvalue weighted by Crippen LogP contribution is -2.51. The van der Waals surface area contributed by atoms with Crippen molar-refractivity contribution in [1.82, 2.24) is 10.2 Å². The number of methoxy groups -OCH3 is 1. The highest BCUT2D eigenvalue weighted by atomic mass is 16.5. The Morgan fingerprint density at radius 2 is 2.35 bits per heavy atom. The Bertz CT molecular complexity index is 265. The van der Waals surface area contributed by atoms with Crippen LogP contribution in [0.15, 0.2) is 11.6 Å². The van der Waals surface area contributed by atoms with Gasteiger partial charge in [-0.2, -0.15) is 0 Å². The van der Waals surface area contributed by atoms with Gasteiger partial charge >= 0.3 is 0 Å². The Labute approximate surface area is 105 Å². The Morgan fingerprint density at radius 3 is 2.88 bits per heavy atom. The van der Waals surface area contributed by atoms with Crippen molar-refractivity contribution < 1.29 is 4.74 Å². The molecule has 17 heavy (non-hydrogen) atoms. The summed E-state index contributed by atoms with van der Waals surface area (Å²) in [7, 11) is 1.78. The normalized spacial score (nSPS) is 29.9. The van der Waals surface area contributed by atoms with Crippen LogP contribution in [0.4, 0.5) is 0 Å². The fourth-order valence-corrected chi connectivity index (χ4v) is 2.94. The van der Waals surface area contributed by atoms with Gasteiger partial charge in [0.25, 0.3) is 0 Å². The molecule has 1 heterocycles. The number of nitrogens with zero attached hydrogens (tertiary/aromatic N) is 1. The molecule has 1 aliphatic heterocycles. The molecular formula is C14H26N2O. The zero-order chi connectivity index (χ0) is 12.1. The van der Waals surface area contributed by atoms with Crippen LogP contribution in [0.3, 0.4) is 0 Å². The molecule has 0 amide bonds. The van der Waals surface area contributed by atoms with Crippen molar-refractivity contribution in [1.29, 1.82) is 0 Å². The first-order chi connectivity index (χ1) is 8.35. The predicted octanol–water partition coefficient (Wildman–Crippen LogP) is 1.65. The second-order valence-electron chi connectivity index (χ2n) is 5.25. The third-order valence-corrected chi connectivity index (χ3v) is 4.17. The van der Waals surface area contributed by atoms with Crippen molar-refractivity contribution in [2.24, 2.45) is 5.92 Å². The third kappa shape index (κ3) is 3.30. The van der Waals surface area contributed by atoms with Gasteiger partial charge in [0.1, 0.15) is 0 Å². The van der Waals surface area contributed by atoms with Crippen LogP contribution in [0, 0.1) is 5.92 Å². The van der Waals surface area contributed by atoms with E-state index in [1.54, 1.807) is 7.11 Å². The van der Waals surface area contributed by atoms with Crippen molar-refractivity contribution in [2.45, 2.75) is 32.2 Å². The highest BCUT2D eigenvalue weighted by Crippen LogP contribution is 2.33. The number of hydrogen-bond donors (Lipinski definition) is 1. The molecule has 1 saturated carbocycles. The molecule has 0 aromatic carbocycles. The van der Waals surface area contributed by atoms with Gasteiger partial charge in [0, 0.05) is 26.2 Å². The van der Waals surface area contributed by atoms with E-state index in [4.69, 9.17) is 4.74 Å². The summed E-state index contributed by atoms with van der Waals surface area (Å²) in [5.74, 6) is 0.882. The monoisotopic (exact) mass is 238 g/mol. The Morgan fingerprint density at radius 1 is 1.47 bits per heavy atom. The summed E-state index contributed by atoms with van der Waals surface area (Å²) in [6.45, 7) is 7.66. The van der Waals surface area contributed by atoms with E-state index < -0.39 is 0 Å². The Hall–Kier alpha value is -0.380. The van der Waals surface area contributed by atoms with Gasteiger partial charge in [-0.15, -0.1) is 0 Å². The molecule has 0 aromatic rings. The summed E-state index contributed by atoms with van der Waals surface area (Å²) >= 11 is 0. The molecule has 98 valence electrons. The Kier molecular flexibility index (Phi) is 5.01. The molecule has 1 N–H and O–H groups in total. The Balaban J connectivity index is 1.76. The molecule has 2 unspecified atom stereocenters. The molecule has 2 rings (SSSR count). The molecule has 0 bridgehead atoms. The van der Waals surface area contributed by atoms with Crippen molar-refractivity contribution in [2.75, 3.05) is 39.9 Å². The summed E-state index contributed by atoms with van der Waals surface area (Å²) < 4.78 is 5.19. The molecule has 0 radical (unpaired) electrons. The first-order valence-electron chi connectivity index (χ1n) is 6.96. The van der Waals surface area contributed by atoms with Crippen LogP contribution >= 0.6 is 0 Å². The van der Waals surface area contributed by atoms with E-state index in [1.165, 1.54) is 37.9 Å². The van der Waals surface area contributed by atoms with E-state index in [9.17, 15) is 0 Å². The van der Waals surface area contributed by atoms with E-state index >= 15 is 0 Å². The van der Waals surface area contributed by atoms with Gasteiger partial charge in [0.05, 0.1) is 6.61 Å². The summed E-state index contributed by atoms with van der Waals surface area (Å²) in [5, 5.41) is 3.49. The second-order valence-corrected chi connectivity index (χ2v) is 5.25. The molecular weight excluding hydrogens is 212 g/mol. The summed E-state index contributed by atoms with van der Waals surface area (Å²) in [6, 6.07) is 0.828. The lowest BCUT2D eigenvalue weighted by atomic mass is 9.78. The summed E-state index contributed by atoms with van der Waals surface area (Å²) in [5.41, 5.74) is 1.48. The van der Waals surface area contributed by atoms with Crippen LogP contribution in [0.2, 0.25) is 0 Å². The summed E-state index contributed by atoms with van der Waals surface area (Å²) in [6.07, 6.45) is 6.36. The second kappa shape index (κ2) is 6.53. The van der Waals surface area contributed by atoms with Crippen LogP contribution in [-0.2, 0) is 4.74 Å². The minimum Gasteiger partial charge on any atom is -0.380 e. The van der Waals surface area contributed by atoms with E-state index in [2.05, 4.69) is 23.2 Å². The van der Waals surface area contributed by atoms with Gasteiger partial charge in [-0.25, -0.2) is 0 Å². The lowest BCUT2D eigenvalue weighted by Gasteiger charge is -2.45. The first kappa shape index (κ1) is 13.1. The summed E-state index contributed by atoms with van der Waals surface area (Å²) in [4.78, 5) is 2.66. The molecule has 2 aliphatic rings. The van der Waals surface area contributed by atoms with Crippen molar-refractivity contribution >= 4 is 0 Å². The molecule has 3 heteroatoms. The molecule has 0 spiro atoms. The fraction of sp³-hybridized carbons (Fsp3) is 0.857. The quantitative estimate of drug-likeness (QED) is 0.712. The van der Waals surface area contributed by atoms with E-state index in [0.717, 1.165) is 31.7 Å². The maximum atomic E-state index is 5.19. The van der Waals surface area contributed by atoms with E-state index in [-0.39, 0.29) is 0 Å². The fourth-order valence-electron chi connectivity index (χ4n) is 2.94. The molecule has 3 nitrogen and oxygen atoms in total. The largest absolute Gasteiger partial charge is 0.380 e. The first-order valence-corrected chi connectivity index (χ1v) is 6.96. The maximum absolute atomic E-state index is 5.19. The average Bonchev–Trinajstić information content (AvgIpc) is 2.31. The third-order valence-electron chi connectivity index (χ3n) is 4.17. The van der Waals surface area contributed by atoms with Gasteiger partial charge in [0.15, 0.2) is 0 Å². The molecule has 2 atom stereocenters. The van der Waals surface area contributed by atoms with Crippen LogP contribution in [0.25, 0.3) is 0 Å². The molecule has 0 saturated heterocycles. The zero-order valence-corrected chi connectivity index (χ0v) is 11.2. The smallest absolute Gasteiger partial charge is 0.0673 e. The van der Waals surface area contributed by atoms with Crippen LogP contribution in [0.5, 0.6) is 0 Å². The van der Waals surface area contributed by atoms with E-state index in [0.29, 0.717) is 0 Å². The van der Waals surface area contributed by atoms with Gasteiger partial charge in [0.2, 0.25) is 0 Å². The highest BCUT2D eigenvalue weighted by molar-refractivity contribution is 5.09. The lowest BCUT2D eigenvalue weighted by molar-refractivity contribution is 0.0669. The highest BCUT2D eigenvalue weighted by Gasteiger charge is 2.35. The van der Waals surface area contributed by atoms with E-state index in [1.807, 2.05) is 0 Å². The topological polar surface area (TPSA) is 24.5 Å². The van der Waals surface area contributed by atoms with Crippen molar-refractivity contribution in [3.05, 3.63) is 11.6 Å². The average molecular weight is 238 g/mol. The number of nitrogens with one attached hydrogen (secondary N) is 1. The number of rotatable bonds is 6. The van der Waals surface area contributed by atoms with Gasteiger partial charge in [-0.05, 0) is 43.8 Å². The minimum absolute atomic E-state index is 0.819. The predicted molar refractivity (Wildman–Crippen MR) is 71.2 cm³/mol. The molecule has 0 aromatic heterocycles. The van der Waals surface area contributed by atoms with Gasteiger partial charge < -0.3 is 10.1 Å². The maximum Gasteiger partial charge on any atom is 0.0673 e. The molecule has 1 fully saturated rings. The molecule has 1 aliphatic carbocycles. The van der Waals surface area contributed by atoms with Crippen LogP contribution < -0.4 is 5.32 Å².